The van der Waals surface area contributed by atoms with Crippen LogP contribution in [0.2, 0.25) is 0 Å². The van der Waals surface area contributed by atoms with E-state index in [0.717, 1.165) is 23.8 Å². The molecule has 2 heterocycles. The quantitative estimate of drug-likeness (QED) is 0.859. The van der Waals surface area contributed by atoms with Gasteiger partial charge < -0.3 is 10.1 Å². The average Bonchev–Trinajstić information content (AvgIpc) is 2.83. The lowest BCUT2D eigenvalue weighted by molar-refractivity contribution is 0.128. The summed E-state index contributed by atoms with van der Waals surface area (Å²) in [7, 11) is 1.89. The Morgan fingerprint density at radius 2 is 2.11 bits per heavy atom. The molecule has 0 fully saturated rings. The van der Waals surface area contributed by atoms with Crippen molar-refractivity contribution in [1.29, 1.82) is 0 Å². The topological polar surface area (TPSA) is 64.9 Å². The zero-order valence-electron chi connectivity index (χ0n) is 11.6. The van der Waals surface area contributed by atoms with Gasteiger partial charge in [-0.3, -0.25) is 4.68 Å². The molecule has 0 spiro atoms. The normalized spacial score (nSPS) is 10.7. The predicted molar refractivity (Wildman–Crippen MR) is 73.7 cm³/mol. The Bertz CT molecular complexity index is 538. The minimum Gasteiger partial charge on any atom is -0.374 e. The van der Waals surface area contributed by atoms with Crippen molar-refractivity contribution in [2.75, 3.05) is 18.5 Å². The Hall–Kier alpha value is -1.95. The van der Waals surface area contributed by atoms with E-state index in [1.807, 2.05) is 39.2 Å². The standard InChI is InChI=1S/C13H19N5O/c1-4-14-12-8-11(10-6-7-18(3)17-10)15-13(16-12)9-19-5-2/h6-8H,4-5,9H2,1-3H3,(H,14,15,16). The lowest BCUT2D eigenvalue weighted by atomic mass is 10.3. The minimum atomic E-state index is 0.412. The third kappa shape index (κ3) is 3.51. The van der Waals surface area contributed by atoms with Gasteiger partial charge in [-0.25, -0.2) is 9.97 Å². The maximum atomic E-state index is 5.37. The van der Waals surface area contributed by atoms with E-state index in [4.69, 9.17) is 4.74 Å². The van der Waals surface area contributed by atoms with Crippen LogP contribution in [0.1, 0.15) is 19.7 Å². The van der Waals surface area contributed by atoms with Gasteiger partial charge in [0.15, 0.2) is 5.82 Å². The number of rotatable bonds is 6. The third-order valence-corrected chi connectivity index (χ3v) is 2.54. The van der Waals surface area contributed by atoms with Crippen LogP contribution in [0, 0.1) is 0 Å². The smallest absolute Gasteiger partial charge is 0.157 e. The Morgan fingerprint density at radius 1 is 1.26 bits per heavy atom. The zero-order chi connectivity index (χ0) is 13.7. The maximum Gasteiger partial charge on any atom is 0.157 e. The summed E-state index contributed by atoms with van der Waals surface area (Å²) >= 11 is 0. The third-order valence-electron chi connectivity index (χ3n) is 2.54. The van der Waals surface area contributed by atoms with Crippen molar-refractivity contribution in [2.24, 2.45) is 7.05 Å². The molecule has 0 aromatic carbocycles. The molecule has 0 unspecified atom stereocenters. The Kier molecular flexibility index (Phi) is 4.46. The van der Waals surface area contributed by atoms with Gasteiger partial charge in [-0.15, -0.1) is 0 Å². The van der Waals surface area contributed by atoms with Gasteiger partial charge in [-0.05, 0) is 19.9 Å². The van der Waals surface area contributed by atoms with E-state index in [1.165, 1.54) is 0 Å². The van der Waals surface area contributed by atoms with Crippen molar-refractivity contribution >= 4 is 5.82 Å². The molecule has 2 rings (SSSR count). The van der Waals surface area contributed by atoms with E-state index >= 15 is 0 Å². The average molecular weight is 261 g/mol. The van der Waals surface area contributed by atoms with Crippen LogP contribution in [-0.2, 0) is 18.4 Å². The van der Waals surface area contributed by atoms with Crippen LogP contribution in [0.25, 0.3) is 11.4 Å². The molecule has 0 aliphatic carbocycles. The fourth-order valence-corrected chi connectivity index (χ4v) is 1.71. The van der Waals surface area contributed by atoms with Crippen molar-refractivity contribution in [3.63, 3.8) is 0 Å². The molecular formula is C13H19N5O. The van der Waals surface area contributed by atoms with E-state index in [9.17, 15) is 0 Å². The summed E-state index contributed by atoms with van der Waals surface area (Å²) in [6.07, 6.45) is 1.90. The highest BCUT2D eigenvalue weighted by Crippen LogP contribution is 2.18. The van der Waals surface area contributed by atoms with Crippen LogP contribution in [0.15, 0.2) is 18.3 Å². The molecule has 2 aromatic rings. The van der Waals surface area contributed by atoms with Crippen molar-refractivity contribution in [2.45, 2.75) is 20.5 Å². The van der Waals surface area contributed by atoms with E-state index in [0.29, 0.717) is 19.0 Å². The van der Waals surface area contributed by atoms with Crippen LogP contribution in [0.3, 0.4) is 0 Å². The summed E-state index contributed by atoms with van der Waals surface area (Å²) in [4.78, 5) is 8.90. The van der Waals surface area contributed by atoms with E-state index < -0.39 is 0 Å². The summed E-state index contributed by atoms with van der Waals surface area (Å²) in [5, 5.41) is 7.56. The molecule has 0 saturated heterocycles. The molecule has 6 heteroatoms. The number of aryl methyl sites for hydroxylation is 1. The highest BCUT2D eigenvalue weighted by molar-refractivity contribution is 5.58. The van der Waals surface area contributed by atoms with Crippen molar-refractivity contribution in [3.05, 3.63) is 24.2 Å². The Morgan fingerprint density at radius 3 is 2.74 bits per heavy atom. The van der Waals surface area contributed by atoms with Gasteiger partial charge in [0, 0.05) is 32.5 Å². The first-order valence-corrected chi connectivity index (χ1v) is 6.42. The van der Waals surface area contributed by atoms with Gasteiger partial charge in [0.05, 0.1) is 5.69 Å². The van der Waals surface area contributed by atoms with Crippen molar-refractivity contribution in [1.82, 2.24) is 19.7 Å². The largest absolute Gasteiger partial charge is 0.374 e. The summed E-state index contributed by atoms with van der Waals surface area (Å²) in [5.74, 6) is 1.47. The summed E-state index contributed by atoms with van der Waals surface area (Å²) in [6, 6.07) is 3.84. The maximum absolute atomic E-state index is 5.37. The molecule has 6 nitrogen and oxygen atoms in total. The van der Waals surface area contributed by atoms with E-state index in [2.05, 4.69) is 20.4 Å². The van der Waals surface area contributed by atoms with E-state index in [-0.39, 0.29) is 0 Å². The summed E-state index contributed by atoms with van der Waals surface area (Å²) in [5.41, 5.74) is 1.64. The van der Waals surface area contributed by atoms with Gasteiger partial charge in [0.1, 0.15) is 18.1 Å². The zero-order valence-corrected chi connectivity index (χ0v) is 11.6. The summed E-state index contributed by atoms with van der Waals surface area (Å²) < 4.78 is 7.13. The number of hydrogen-bond donors (Lipinski definition) is 1. The van der Waals surface area contributed by atoms with Gasteiger partial charge in [-0.1, -0.05) is 0 Å². The van der Waals surface area contributed by atoms with Crippen LogP contribution in [0.5, 0.6) is 0 Å². The second kappa shape index (κ2) is 6.29. The summed E-state index contributed by atoms with van der Waals surface area (Å²) in [6.45, 7) is 5.86. The minimum absolute atomic E-state index is 0.412. The molecule has 0 amide bonds. The second-order valence-corrected chi connectivity index (χ2v) is 4.10. The Labute approximate surface area is 112 Å². The van der Waals surface area contributed by atoms with Crippen molar-refractivity contribution < 1.29 is 4.74 Å². The van der Waals surface area contributed by atoms with Gasteiger partial charge in [0.2, 0.25) is 0 Å². The molecule has 0 bridgehead atoms. The number of hydrogen-bond acceptors (Lipinski definition) is 5. The van der Waals surface area contributed by atoms with Crippen LogP contribution >= 0.6 is 0 Å². The predicted octanol–water partition coefficient (Wildman–Crippen LogP) is 1.85. The first-order chi connectivity index (χ1) is 9.22. The second-order valence-electron chi connectivity index (χ2n) is 4.10. The first kappa shape index (κ1) is 13.5. The highest BCUT2D eigenvalue weighted by atomic mass is 16.5. The molecule has 0 radical (unpaired) electrons. The molecule has 0 aliphatic heterocycles. The van der Waals surface area contributed by atoms with Crippen LogP contribution in [-0.4, -0.2) is 32.9 Å². The van der Waals surface area contributed by atoms with Crippen LogP contribution in [0.4, 0.5) is 5.82 Å². The number of aromatic nitrogens is 4. The SMILES string of the molecule is CCNc1cc(-c2ccn(C)n2)nc(COCC)n1. The fraction of sp³-hybridized carbons (Fsp3) is 0.462. The molecule has 2 aromatic heterocycles. The number of ether oxygens (including phenoxy) is 1. The number of anilines is 1. The molecular weight excluding hydrogens is 242 g/mol. The van der Waals surface area contributed by atoms with Crippen molar-refractivity contribution in [3.8, 4) is 11.4 Å². The lowest BCUT2D eigenvalue weighted by Gasteiger charge is -2.07. The fourth-order valence-electron chi connectivity index (χ4n) is 1.71. The number of nitrogens with zero attached hydrogens (tertiary/aromatic N) is 4. The van der Waals surface area contributed by atoms with Gasteiger partial charge >= 0.3 is 0 Å². The molecule has 1 N–H and O–H groups in total. The monoisotopic (exact) mass is 261 g/mol. The molecule has 0 saturated carbocycles. The van der Waals surface area contributed by atoms with Gasteiger partial charge in [-0.2, -0.15) is 5.10 Å². The number of nitrogens with one attached hydrogen (secondary N) is 1. The molecule has 102 valence electrons. The lowest BCUT2D eigenvalue weighted by Crippen LogP contribution is -2.06. The molecule has 0 aliphatic rings. The molecule has 0 atom stereocenters. The molecule has 19 heavy (non-hydrogen) atoms. The first-order valence-electron chi connectivity index (χ1n) is 6.42. The van der Waals surface area contributed by atoms with Crippen LogP contribution < -0.4 is 5.32 Å². The van der Waals surface area contributed by atoms with E-state index in [1.54, 1.807) is 4.68 Å². The van der Waals surface area contributed by atoms with Gasteiger partial charge in [0.25, 0.3) is 0 Å². The Balaban J connectivity index is 2.33. The highest BCUT2D eigenvalue weighted by Gasteiger charge is 2.08.